The fourth-order valence-corrected chi connectivity index (χ4v) is 3.54. The maximum atomic E-state index is 6.63. The third kappa shape index (κ3) is 4.64. The molecule has 4 nitrogen and oxygen atoms in total. The molecule has 2 atom stereocenters. The molecule has 144 valence electrons. The Bertz CT molecular complexity index is 932. The van der Waals surface area contributed by atoms with Crippen molar-refractivity contribution in [3.63, 3.8) is 0 Å². The minimum Gasteiger partial charge on any atom is -0.497 e. The molecule has 0 aliphatic rings. The van der Waals surface area contributed by atoms with E-state index in [1.807, 2.05) is 36.4 Å². The number of methoxy groups -OCH3 is 1. The zero-order chi connectivity index (χ0) is 19.4. The van der Waals surface area contributed by atoms with Crippen LogP contribution in [0.5, 0.6) is 5.75 Å². The van der Waals surface area contributed by atoms with E-state index in [2.05, 4.69) is 12.2 Å². The Kier molecular flexibility index (Phi) is 6.77. The van der Waals surface area contributed by atoms with Gasteiger partial charge in [0.25, 0.3) is 0 Å². The summed E-state index contributed by atoms with van der Waals surface area (Å²) >= 11 is 12.4. The number of hydrogen-bond acceptors (Lipinski definition) is 4. The monoisotopic (exact) mass is 405 g/mol. The molecular weight excluding hydrogens is 381 g/mol. The van der Waals surface area contributed by atoms with Crippen LogP contribution in [0.15, 0.2) is 36.4 Å². The smallest absolute Gasteiger partial charge is 0.119 e. The first-order valence-electron chi connectivity index (χ1n) is 9.20. The first kappa shape index (κ1) is 20.2. The zero-order valence-corrected chi connectivity index (χ0v) is 17.1. The molecule has 3 rings (SSSR count). The molecule has 2 aromatic carbocycles. The van der Waals surface area contributed by atoms with E-state index in [1.54, 1.807) is 7.11 Å². The van der Waals surface area contributed by atoms with Crippen molar-refractivity contribution in [1.82, 2.24) is 10.3 Å². The van der Waals surface area contributed by atoms with Gasteiger partial charge in [0.05, 0.1) is 18.1 Å². The van der Waals surface area contributed by atoms with E-state index in [9.17, 15) is 0 Å². The lowest BCUT2D eigenvalue weighted by Gasteiger charge is -2.19. The molecule has 1 heterocycles. The van der Waals surface area contributed by atoms with Crippen LogP contribution in [0.2, 0.25) is 5.02 Å². The maximum Gasteiger partial charge on any atom is 0.119 e. The normalized spacial score (nSPS) is 13.8. The summed E-state index contributed by atoms with van der Waals surface area (Å²) in [6.07, 6.45) is 1.74. The summed E-state index contributed by atoms with van der Waals surface area (Å²) < 4.78 is 5.41. The quantitative estimate of drug-likeness (QED) is 0.312. The molecule has 0 fully saturated rings. The Morgan fingerprint density at radius 2 is 1.96 bits per heavy atom. The van der Waals surface area contributed by atoms with Crippen LogP contribution in [0.1, 0.15) is 31.4 Å². The standard InChI is InChI=1S/C21H25Cl2N3O/c1-3-13(22)12-25-9-8-18(24)21-16-6-4-14(23)10-20(16)26-19-7-5-15(27-2)11-17(19)21/h4-7,10-11,13,18,25H,3,8-9,12,24H2,1-2H3. The number of benzene rings is 2. The Hall–Kier alpha value is -1.59. The Labute approximate surface area is 170 Å². The topological polar surface area (TPSA) is 60.2 Å². The Balaban J connectivity index is 1.98. The zero-order valence-electron chi connectivity index (χ0n) is 15.6. The largest absolute Gasteiger partial charge is 0.497 e. The van der Waals surface area contributed by atoms with Crippen LogP contribution >= 0.6 is 23.2 Å². The number of halogens is 2. The molecular formula is C21H25Cl2N3O. The van der Waals surface area contributed by atoms with Gasteiger partial charge >= 0.3 is 0 Å². The first-order valence-corrected chi connectivity index (χ1v) is 10.0. The van der Waals surface area contributed by atoms with Gasteiger partial charge in [-0.3, -0.25) is 0 Å². The number of nitrogens with two attached hydrogens (primary N) is 1. The SMILES string of the molecule is CCC(Cl)CNCCC(N)c1c2ccc(Cl)cc2nc2ccc(OC)cc12. The molecule has 27 heavy (non-hydrogen) atoms. The van der Waals surface area contributed by atoms with Crippen molar-refractivity contribution < 1.29 is 4.74 Å². The number of pyridine rings is 1. The van der Waals surface area contributed by atoms with Crippen LogP contribution in [0.3, 0.4) is 0 Å². The fourth-order valence-electron chi connectivity index (χ4n) is 3.26. The number of nitrogens with one attached hydrogen (secondary N) is 1. The van der Waals surface area contributed by atoms with E-state index < -0.39 is 0 Å². The summed E-state index contributed by atoms with van der Waals surface area (Å²) in [7, 11) is 1.66. The van der Waals surface area contributed by atoms with Gasteiger partial charge in [-0.05, 0) is 55.3 Å². The summed E-state index contributed by atoms with van der Waals surface area (Å²) in [5.41, 5.74) is 9.44. The van der Waals surface area contributed by atoms with E-state index in [-0.39, 0.29) is 11.4 Å². The predicted octanol–water partition coefficient (Wildman–Crippen LogP) is 5.05. The molecule has 0 aliphatic heterocycles. The number of rotatable bonds is 8. The predicted molar refractivity (Wildman–Crippen MR) is 115 cm³/mol. The number of fused-ring (bicyclic) bond motifs is 2. The lowest BCUT2D eigenvalue weighted by Crippen LogP contribution is -2.26. The van der Waals surface area contributed by atoms with Crippen molar-refractivity contribution in [3.05, 3.63) is 47.0 Å². The summed E-state index contributed by atoms with van der Waals surface area (Å²) in [6.45, 7) is 3.66. The van der Waals surface area contributed by atoms with E-state index >= 15 is 0 Å². The Morgan fingerprint density at radius 1 is 1.15 bits per heavy atom. The first-order chi connectivity index (χ1) is 13.0. The molecule has 0 radical (unpaired) electrons. The van der Waals surface area contributed by atoms with Crippen molar-refractivity contribution in [3.8, 4) is 5.75 Å². The van der Waals surface area contributed by atoms with Crippen LogP contribution in [0.4, 0.5) is 0 Å². The van der Waals surface area contributed by atoms with Crippen molar-refractivity contribution in [2.45, 2.75) is 31.2 Å². The average molecular weight is 406 g/mol. The van der Waals surface area contributed by atoms with Crippen molar-refractivity contribution in [1.29, 1.82) is 0 Å². The van der Waals surface area contributed by atoms with Crippen molar-refractivity contribution in [2.24, 2.45) is 5.73 Å². The van der Waals surface area contributed by atoms with Crippen LogP contribution in [0.25, 0.3) is 21.8 Å². The molecule has 6 heteroatoms. The van der Waals surface area contributed by atoms with Gasteiger partial charge in [-0.15, -0.1) is 11.6 Å². The second kappa shape index (κ2) is 9.07. The number of hydrogen-bond donors (Lipinski definition) is 2. The van der Waals surface area contributed by atoms with Crippen LogP contribution in [-0.4, -0.2) is 30.6 Å². The average Bonchev–Trinajstić information content (AvgIpc) is 2.68. The third-order valence-electron chi connectivity index (χ3n) is 4.80. The van der Waals surface area contributed by atoms with Gasteiger partial charge in [0, 0.05) is 33.8 Å². The van der Waals surface area contributed by atoms with Crippen LogP contribution < -0.4 is 15.8 Å². The third-order valence-corrected chi connectivity index (χ3v) is 5.49. The minimum atomic E-state index is -0.144. The highest BCUT2D eigenvalue weighted by atomic mass is 35.5. The summed E-state index contributed by atoms with van der Waals surface area (Å²) in [5.74, 6) is 0.789. The number of alkyl halides is 1. The molecule has 1 aromatic heterocycles. The van der Waals surface area contributed by atoms with Gasteiger partial charge in [0.2, 0.25) is 0 Å². The second-order valence-corrected chi connectivity index (χ2v) is 7.73. The van der Waals surface area contributed by atoms with Crippen molar-refractivity contribution >= 4 is 45.0 Å². The summed E-state index contributed by atoms with van der Waals surface area (Å²) in [6, 6.07) is 11.5. The molecule has 0 aliphatic carbocycles. The number of ether oxygens (including phenoxy) is 1. The minimum absolute atomic E-state index is 0.144. The number of nitrogens with zero attached hydrogens (tertiary/aromatic N) is 1. The summed E-state index contributed by atoms with van der Waals surface area (Å²) in [4.78, 5) is 4.76. The van der Waals surface area contributed by atoms with Gasteiger partial charge < -0.3 is 15.8 Å². The molecule has 3 N–H and O–H groups in total. The lowest BCUT2D eigenvalue weighted by molar-refractivity contribution is 0.415. The van der Waals surface area contributed by atoms with Crippen LogP contribution in [-0.2, 0) is 0 Å². The van der Waals surface area contributed by atoms with Gasteiger partial charge in [0.15, 0.2) is 0 Å². The van der Waals surface area contributed by atoms with E-state index in [4.69, 9.17) is 38.7 Å². The molecule has 0 spiro atoms. The molecule has 3 aromatic rings. The Morgan fingerprint density at radius 3 is 2.70 bits per heavy atom. The van der Waals surface area contributed by atoms with Crippen molar-refractivity contribution in [2.75, 3.05) is 20.2 Å². The fraction of sp³-hybridized carbons (Fsp3) is 0.381. The number of aromatic nitrogens is 1. The summed E-state index contributed by atoms with van der Waals surface area (Å²) in [5, 5.41) is 6.24. The lowest BCUT2D eigenvalue weighted by atomic mass is 9.95. The highest BCUT2D eigenvalue weighted by Gasteiger charge is 2.16. The molecule has 0 saturated carbocycles. The maximum absolute atomic E-state index is 6.63. The van der Waals surface area contributed by atoms with E-state index in [0.717, 1.165) is 59.0 Å². The highest BCUT2D eigenvalue weighted by Crippen LogP contribution is 2.34. The highest BCUT2D eigenvalue weighted by molar-refractivity contribution is 6.31. The molecule has 0 amide bonds. The molecule has 0 bridgehead atoms. The molecule has 0 saturated heterocycles. The van der Waals surface area contributed by atoms with E-state index in [0.29, 0.717) is 5.02 Å². The van der Waals surface area contributed by atoms with Gasteiger partial charge in [-0.25, -0.2) is 4.98 Å². The van der Waals surface area contributed by atoms with Gasteiger partial charge in [-0.2, -0.15) is 0 Å². The van der Waals surface area contributed by atoms with Gasteiger partial charge in [-0.1, -0.05) is 24.6 Å². The van der Waals surface area contributed by atoms with E-state index in [1.165, 1.54) is 0 Å². The second-order valence-electron chi connectivity index (χ2n) is 6.67. The van der Waals surface area contributed by atoms with Crippen LogP contribution in [0, 0.1) is 0 Å². The molecule has 2 unspecified atom stereocenters. The van der Waals surface area contributed by atoms with Gasteiger partial charge in [0.1, 0.15) is 5.75 Å².